The van der Waals surface area contributed by atoms with E-state index in [9.17, 15) is 5.11 Å². The van der Waals surface area contributed by atoms with Crippen molar-refractivity contribution in [3.05, 3.63) is 20.8 Å². The molecule has 0 amide bonds. The Hall–Kier alpha value is 0.1000. The predicted octanol–water partition coefficient (Wildman–Crippen LogP) is 3.15. The number of halogens is 1. The molecule has 4 heteroatoms. The summed E-state index contributed by atoms with van der Waals surface area (Å²) in [4.78, 5) is 1.36. The smallest absolute Gasteiger partial charge is 0.0701 e. The number of aliphatic hydroxyl groups excluding tert-OH is 1. The van der Waals surface area contributed by atoms with Crippen molar-refractivity contribution in [2.45, 2.75) is 38.3 Å². The van der Waals surface area contributed by atoms with E-state index in [1.807, 2.05) is 0 Å². The largest absolute Gasteiger partial charge is 0.396 e. The van der Waals surface area contributed by atoms with Crippen molar-refractivity contribution in [2.24, 2.45) is 5.92 Å². The second-order valence-corrected chi connectivity index (χ2v) is 6.97. The summed E-state index contributed by atoms with van der Waals surface area (Å²) in [5.41, 5.74) is 0. The summed E-state index contributed by atoms with van der Waals surface area (Å²) in [6.45, 7) is 1.25. The lowest BCUT2D eigenvalue weighted by molar-refractivity contribution is 0.152. The Balaban J connectivity index is 1.84. The van der Waals surface area contributed by atoms with Gasteiger partial charge in [-0.1, -0.05) is 12.8 Å². The molecule has 1 heterocycles. The molecular weight excluding hydrogens is 286 g/mol. The Kier molecular flexibility index (Phi) is 4.82. The van der Waals surface area contributed by atoms with Gasteiger partial charge in [-0.05, 0) is 46.8 Å². The molecule has 0 spiro atoms. The highest BCUT2D eigenvalue weighted by Crippen LogP contribution is 2.26. The highest BCUT2D eigenvalue weighted by Gasteiger charge is 2.23. The van der Waals surface area contributed by atoms with E-state index in [1.54, 1.807) is 11.3 Å². The van der Waals surface area contributed by atoms with E-state index < -0.39 is 0 Å². The zero-order chi connectivity index (χ0) is 11.4. The molecule has 1 saturated carbocycles. The fourth-order valence-corrected chi connectivity index (χ4v) is 3.81. The van der Waals surface area contributed by atoms with E-state index in [4.69, 9.17) is 0 Å². The molecule has 0 aromatic carbocycles. The Labute approximate surface area is 109 Å². The summed E-state index contributed by atoms with van der Waals surface area (Å²) in [6.07, 6.45) is 4.94. The van der Waals surface area contributed by atoms with Gasteiger partial charge in [0.15, 0.2) is 0 Å². The lowest BCUT2D eigenvalue weighted by Crippen LogP contribution is -2.39. The van der Waals surface area contributed by atoms with Crippen LogP contribution >= 0.6 is 27.3 Å². The molecule has 2 atom stereocenters. The molecule has 0 radical (unpaired) electrons. The molecule has 1 aliphatic rings. The number of hydrogen-bond acceptors (Lipinski definition) is 3. The maximum absolute atomic E-state index is 9.32. The zero-order valence-corrected chi connectivity index (χ0v) is 11.7. The number of aliphatic hydroxyl groups is 1. The van der Waals surface area contributed by atoms with Crippen LogP contribution < -0.4 is 5.32 Å². The summed E-state index contributed by atoms with van der Waals surface area (Å²) in [5.74, 6) is 0.456. The summed E-state index contributed by atoms with van der Waals surface area (Å²) < 4.78 is 1.19. The average Bonchev–Trinajstić information content (AvgIpc) is 2.73. The highest BCUT2D eigenvalue weighted by molar-refractivity contribution is 9.11. The fraction of sp³-hybridized carbons (Fsp3) is 0.667. The van der Waals surface area contributed by atoms with Crippen LogP contribution in [0.15, 0.2) is 15.9 Å². The van der Waals surface area contributed by atoms with Gasteiger partial charge in [-0.3, -0.25) is 0 Å². The molecule has 90 valence electrons. The molecular formula is C12H18BrNOS. The van der Waals surface area contributed by atoms with E-state index in [2.05, 4.69) is 33.4 Å². The topological polar surface area (TPSA) is 32.3 Å². The Morgan fingerprint density at radius 1 is 1.38 bits per heavy atom. The molecule has 1 aromatic heterocycles. The maximum Gasteiger partial charge on any atom is 0.0701 e. The van der Waals surface area contributed by atoms with Crippen LogP contribution in [0.4, 0.5) is 0 Å². The van der Waals surface area contributed by atoms with Crippen LogP contribution in [0.2, 0.25) is 0 Å². The zero-order valence-electron chi connectivity index (χ0n) is 9.29. The van der Waals surface area contributed by atoms with Crippen molar-refractivity contribution in [1.82, 2.24) is 5.32 Å². The van der Waals surface area contributed by atoms with Gasteiger partial charge in [0.1, 0.15) is 0 Å². The Morgan fingerprint density at radius 3 is 2.88 bits per heavy atom. The molecule has 0 bridgehead atoms. The van der Waals surface area contributed by atoms with Gasteiger partial charge in [-0.25, -0.2) is 0 Å². The summed E-state index contributed by atoms with van der Waals surface area (Å²) in [7, 11) is 0. The first kappa shape index (κ1) is 12.6. The first-order valence-electron chi connectivity index (χ1n) is 5.88. The first-order chi connectivity index (χ1) is 7.79. The lowest BCUT2D eigenvalue weighted by Gasteiger charge is -2.30. The summed E-state index contributed by atoms with van der Waals surface area (Å²) >= 11 is 5.25. The van der Waals surface area contributed by atoms with Crippen LogP contribution in [0.5, 0.6) is 0 Å². The van der Waals surface area contributed by atoms with Gasteiger partial charge < -0.3 is 10.4 Å². The lowest BCUT2D eigenvalue weighted by atomic mass is 9.85. The quantitative estimate of drug-likeness (QED) is 0.895. The number of rotatable bonds is 4. The minimum atomic E-state index is 0.325. The van der Waals surface area contributed by atoms with E-state index in [0.29, 0.717) is 18.6 Å². The van der Waals surface area contributed by atoms with Crippen LogP contribution in [-0.4, -0.2) is 17.8 Å². The third-order valence-corrected chi connectivity index (χ3v) is 4.93. The van der Waals surface area contributed by atoms with Crippen molar-refractivity contribution in [3.63, 3.8) is 0 Å². The van der Waals surface area contributed by atoms with Crippen LogP contribution in [0.25, 0.3) is 0 Å². The standard InChI is InChI=1S/C12H18BrNOS/c13-12-6-5-10(16-12)7-14-11-4-2-1-3-9(11)8-15/h5-6,9,11,14-15H,1-4,7-8H2. The van der Waals surface area contributed by atoms with Crippen molar-refractivity contribution >= 4 is 27.3 Å². The van der Waals surface area contributed by atoms with Crippen molar-refractivity contribution in [3.8, 4) is 0 Å². The fourth-order valence-electron chi connectivity index (χ4n) is 2.37. The first-order valence-corrected chi connectivity index (χ1v) is 7.49. The van der Waals surface area contributed by atoms with Gasteiger partial charge in [0.25, 0.3) is 0 Å². The molecule has 1 aromatic rings. The van der Waals surface area contributed by atoms with Gasteiger partial charge >= 0.3 is 0 Å². The molecule has 2 nitrogen and oxygen atoms in total. The third kappa shape index (κ3) is 3.29. The van der Waals surface area contributed by atoms with Crippen molar-refractivity contribution < 1.29 is 5.11 Å². The average molecular weight is 304 g/mol. The Morgan fingerprint density at radius 2 is 2.19 bits per heavy atom. The SMILES string of the molecule is OCC1CCCCC1NCc1ccc(Br)s1. The van der Waals surface area contributed by atoms with Crippen LogP contribution in [0.1, 0.15) is 30.6 Å². The number of thiophene rings is 1. The molecule has 0 aliphatic heterocycles. The van der Waals surface area contributed by atoms with Crippen LogP contribution in [0, 0.1) is 5.92 Å². The maximum atomic E-state index is 9.32. The Bertz CT molecular complexity index is 329. The number of nitrogens with one attached hydrogen (secondary N) is 1. The molecule has 1 fully saturated rings. The number of hydrogen-bond donors (Lipinski definition) is 2. The van der Waals surface area contributed by atoms with E-state index in [-0.39, 0.29) is 0 Å². The molecule has 2 N–H and O–H groups in total. The molecule has 0 saturated heterocycles. The highest BCUT2D eigenvalue weighted by atomic mass is 79.9. The second kappa shape index (κ2) is 6.15. The molecule has 2 rings (SSSR count). The van der Waals surface area contributed by atoms with E-state index in [1.165, 1.54) is 34.3 Å². The van der Waals surface area contributed by atoms with Crippen molar-refractivity contribution in [2.75, 3.05) is 6.61 Å². The van der Waals surface area contributed by atoms with Crippen LogP contribution in [0.3, 0.4) is 0 Å². The van der Waals surface area contributed by atoms with Gasteiger partial charge in [0.2, 0.25) is 0 Å². The molecule has 16 heavy (non-hydrogen) atoms. The summed E-state index contributed by atoms with van der Waals surface area (Å²) in [6, 6.07) is 4.74. The minimum absolute atomic E-state index is 0.325. The van der Waals surface area contributed by atoms with Gasteiger partial charge in [-0.2, -0.15) is 0 Å². The molecule has 1 aliphatic carbocycles. The van der Waals surface area contributed by atoms with Gasteiger partial charge in [0, 0.05) is 24.1 Å². The van der Waals surface area contributed by atoms with Gasteiger partial charge in [0.05, 0.1) is 3.79 Å². The normalized spacial score (nSPS) is 25.9. The van der Waals surface area contributed by atoms with E-state index >= 15 is 0 Å². The van der Waals surface area contributed by atoms with Crippen molar-refractivity contribution in [1.29, 1.82) is 0 Å². The summed E-state index contributed by atoms with van der Waals surface area (Å²) in [5, 5.41) is 12.9. The third-order valence-electron chi connectivity index (χ3n) is 3.31. The van der Waals surface area contributed by atoms with Gasteiger partial charge in [-0.15, -0.1) is 11.3 Å². The van der Waals surface area contributed by atoms with Crippen LogP contribution in [-0.2, 0) is 6.54 Å². The van der Waals surface area contributed by atoms with E-state index in [0.717, 1.165) is 6.54 Å². The second-order valence-electron chi connectivity index (χ2n) is 4.42. The molecule has 2 unspecified atom stereocenters. The minimum Gasteiger partial charge on any atom is -0.396 e. The predicted molar refractivity (Wildman–Crippen MR) is 71.7 cm³/mol. The monoisotopic (exact) mass is 303 g/mol.